The van der Waals surface area contributed by atoms with Crippen LogP contribution < -0.4 is 4.74 Å². The second-order valence-corrected chi connectivity index (χ2v) is 5.48. The average molecular weight is 334 g/mol. The van der Waals surface area contributed by atoms with Crippen molar-refractivity contribution in [2.75, 3.05) is 0 Å². The normalized spacial score (nSPS) is 10.9. The lowest BCUT2D eigenvalue weighted by Gasteiger charge is -2.04. The second-order valence-electron chi connectivity index (χ2n) is 4.55. The number of nitrogens with zero attached hydrogens (tertiary/aromatic N) is 2. The first-order valence-electron chi connectivity index (χ1n) is 6.76. The minimum Gasteiger partial charge on any atom is -0.435 e. The highest BCUT2D eigenvalue weighted by Crippen LogP contribution is 2.26. The number of hydrogen-bond acceptors (Lipinski definition) is 5. The van der Waals surface area contributed by atoms with Crippen molar-refractivity contribution in [3.05, 3.63) is 60.2 Å². The Labute approximate surface area is 135 Å². The zero-order valence-electron chi connectivity index (χ0n) is 11.9. The van der Waals surface area contributed by atoms with E-state index in [1.165, 1.54) is 23.9 Å². The van der Waals surface area contributed by atoms with E-state index in [0.29, 0.717) is 16.9 Å². The van der Waals surface area contributed by atoms with Crippen LogP contribution in [0.25, 0.3) is 11.5 Å². The largest absolute Gasteiger partial charge is 0.435 e. The molecule has 23 heavy (non-hydrogen) atoms. The summed E-state index contributed by atoms with van der Waals surface area (Å²) in [6.07, 6.45) is 0. The second kappa shape index (κ2) is 7.23. The fraction of sp³-hybridized carbons (Fsp3) is 0.125. The predicted octanol–water partition coefficient (Wildman–Crippen LogP) is 4.63. The summed E-state index contributed by atoms with van der Waals surface area (Å²) in [5, 5.41) is 8.45. The molecule has 2 aromatic carbocycles. The molecule has 0 bridgehead atoms. The maximum absolute atomic E-state index is 12.1. The highest BCUT2D eigenvalue weighted by molar-refractivity contribution is 7.98. The number of benzene rings is 2. The lowest BCUT2D eigenvalue weighted by atomic mass is 10.2. The van der Waals surface area contributed by atoms with E-state index >= 15 is 0 Å². The van der Waals surface area contributed by atoms with Gasteiger partial charge < -0.3 is 9.15 Å². The fourth-order valence-corrected chi connectivity index (χ4v) is 2.60. The molecule has 0 aliphatic carbocycles. The van der Waals surface area contributed by atoms with E-state index in [9.17, 15) is 8.78 Å². The molecule has 0 saturated carbocycles. The van der Waals surface area contributed by atoms with Gasteiger partial charge in [0, 0.05) is 11.3 Å². The third kappa shape index (κ3) is 4.29. The van der Waals surface area contributed by atoms with Gasteiger partial charge in [-0.05, 0) is 29.8 Å². The maximum Gasteiger partial charge on any atom is 0.387 e. The molecule has 0 aliphatic heterocycles. The highest BCUT2D eigenvalue weighted by atomic mass is 32.2. The summed E-state index contributed by atoms with van der Waals surface area (Å²) in [6.45, 7) is -2.81. The van der Waals surface area contributed by atoms with Gasteiger partial charge in [0.1, 0.15) is 5.75 Å². The van der Waals surface area contributed by atoms with Gasteiger partial charge in [0.15, 0.2) is 0 Å². The standard InChI is InChI=1S/C16H12F2N2O2S/c17-15(18)21-13-8-6-11(7-9-13)10-23-16-20-19-14(22-16)12-4-2-1-3-5-12/h1-9,15H,10H2. The van der Waals surface area contributed by atoms with Gasteiger partial charge in [-0.2, -0.15) is 8.78 Å². The molecule has 0 saturated heterocycles. The average Bonchev–Trinajstić information content (AvgIpc) is 3.04. The Balaban J connectivity index is 1.59. The van der Waals surface area contributed by atoms with Crippen molar-refractivity contribution < 1.29 is 17.9 Å². The highest BCUT2D eigenvalue weighted by Gasteiger charge is 2.09. The number of rotatable bonds is 6. The number of hydrogen-bond donors (Lipinski definition) is 0. The molecule has 4 nitrogen and oxygen atoms in total. The molecule has 3 rings (SSSR count). The first kappa shape index (κ1) is 15.5. The first-order chi connectivity index (χ1) is 11.2. The Morgan fingerprint density at radius 3 is 2.43 bits per heavy atom. The van der Waals surface area contributed by atoms with Crippen LogP contribution in [0, 0.1) is 0 Å². The van der Waals surface area contributed by atoms with Crippen molar-refractivity contribution in [1.82, 2.24) is 10.2 Å². The Kier molecular flexibility index (Phi) is 4.87. The molecule has 7 heteroatoms. The van der Waals surface area contributed by atoms with E-state index in [4.69, 9.17) is 4.42 Å². The molecule has 0 spiro atoms. The van der Waals surface area contributed by atoms with Crippen LogP contribution in [0.5, 0.6) is 5.75 Å². The molecule has 0 aliphatic rings. The molecule has 1 heterocycles. The predicted molar refractivity (Wildman–Crippen MR) is 82.4 cm³/mol. The molecule has 0 unspecified atom stereocenters. The summed E-state index contributed by atoms with van der Waals surface area (Å²) in [6, 6.07) is 15.9. The van der Waals surface area contributed by atoms with Gasteiger partial charge >= 0.3 is 6.61 Å². The van der Waals surface area contributed by atoms with Gasteiger partial charge in [0.05, 0.1) is 0 Å². The number of halogens is 2. The summed E-state index contributed by atoms with van der Waals surface area (Å²) in [5.41, 5.74) is 1.80. The number of thioether (sulfide) groups is 1. The van der Waals surface area contributed by atoms with Crippen molar-refractivity contribution in [3.63, 3.8) is 0 Å². The minimum absolute atomic E-state index is 0.137. The Morgan fingerprint density at radius 2 is 1.74 bits per heavy atom. The van der Waals surface area contributed by atoms with E-state index in [1.807, 2.05) is 30.3 Å². The summed E-state index contributed by atoms with van der Waals surface area (Å²) in [5.74, 6) is 1.19. The third-order valence-corrected chi connectivity index (χ3v) is 3.83. The fourth-order valence-electron chi connectivity index (χ4n) is 1.88. The van der Waals surface area contributed by atoms with Crippen LogP contribution in [0.2, 0.25) is 0 Å². The minimum atomic E-state index is -2.81. The van der Waals surface area contributed by atoms with Crippen LogP contribution in [0.15, 0.2) is 64.2 Å². The van der Waals surface area contributed by atoms with Crippen molar-refractivity contribution in [2.24, 2.45) is 0 Å². The first-order valence-corrected chi connectivity index (χ1v) is 7.75. The Hall–Kier alpha value is -2.41. The lowest BCUT2D eigenvalue weighted by molar-refractivity contribution is -0.0498. The van der Waals surface area contributed by atoms with Crippen molar-refractivity contribution >= 4 is 11.8 Å². The molecule has 0 atom stereocenters. The zero-order chi connectivity index (χ0) is 16.1. The molecule has 0 fully saturated rings. The van der Waals surface area contributed by atoms with Gasteiger partial charge in [0.25, 0.3) is 5.22 Å². The van der Waals surface area contributed by atoms with E-state index in [-0.39, 0.29) is 5.75 Å². The van der Waals surface area contributed by atoms with Crippen molar-refractivity contribution in [1.29, 1.82) is 0 Å². The maximum atomic E-state index is 12.1. The van der Waals surface area contributed by atoms with E-state index in [2.05, 4.69) is 14.9 Å². The SMILES string of the molecule is FC(F)Oc1ccc(CSc2nnc(-c3ccccc3)o2)cc1. The summed E-state index contributed by atoms with van der Waals surface area (Å²) in [4.78, 5) is 0. The van der Waals surface area contributed by atoms with E-state index in [1.54, 1.807) is 12.1 Å². The smallest absolute Gasteiger partial charge is 0.387 e. The van der Waals surface area contributed by atoms with Crippen LogP contribution in [0.1, 0.15) is 5.56 Å². The molecule has 3 aromatic rings. The summed E-state index contributed by atoms with van der Waals surface area (Å²) in [7, 11) is 0. The van der Waals surface area contributed by atoms with Gasteiger partial charge in [0.2, 0.25) is 5.89 Å². The molecule has 1 aromatic heterocycles. The number of ether oxygens (including phenoxy) is 1. The van der Waals surface area contributed by atoms with Crippen LogP contribution in [-0.4, -0.2) is 16.8 Å². The van der Waals surface area contributed by atoms with Gasteiger partial charge in [-0.1, -0.05) is 42.1 Å². The molecular weight excluding hydrogens is 322 g/mol. The molecule has 0 amide bonds. The van der Waals surface area contributed by atoms with Crippen LogP contribution >= 0.6 is 11.8 Å². The van der Waals surface area contributed by atoms with Crippen molar-refractivity contribution in [3.8, 4) is 17.2 Å². The summed E-state index contributed by atoms with van der Waals surface area (Å²) < 4.78 is 34.0. The van der Waals surface area contributed by atoms with Gasteiger partial charge in [-0.3, -0.25) is 0 Å². The Bertz CT molecular complexity index is 748. The van der Waals surface area contributed by atoms with Gasteiger partial charge in [-0.15, -0.1) is 10.2 Å². The molecule has 0 N–H and O–H groups in total. The third-order valence-electron chi connectivity index (χ3n) is 2.94. The van der Waals surface area contributed by atoms with Crippen LogP contribution in [-0.2, 0) is 5.75 Å². The van der Waals surface area contributed by atoms with E-state index in [0.717, 1.165) is 11.1 Å². The molecule has 118 valence electrons. The number of alkyl halides is 2. The van der Waals surface area contributed by atoms with E-state index < -0.39 is 6.61 Å². The zero-order valence-corrected chi connectivity index (χ0v) is 12.7. The quantitative estimate of drug-likeness (QED) is 0.615. The van der Waals surface area contributed by atoms with Gasteiger partial charge in [-0.25, -0.2) is 0 Å². The monoisotopic (exact) mass is 334 g/mol. The lowest BCUT2D eigenvalue weighted by Crippen LogP contribution is -2.01. The Morgan fingerprint density at radius 1 is 1.00 bits per heavy atom. The number of aromatic nitrogens is 2. The molecule has 0 radical (unpaired) electrons. The summed E-state index contributed by atoms with van der Waals surface area (Å²) >= 11 is 1.38. The molecular formula is C16H12F2N2O2S. The van der Waals surface area contributed by atoms with Crippen LogP contribution in [0.3, 0.4) is 0 Å². The van der Waals surface area contributed by atoms with Crippen LogP contribution in [0.4, 0.5) is 8.78 Å². The topological polar surface area (TPSA) is 48.2 Å². The van der Waals surface area contributed by atoms with Crippen molar-refractivity contribution in [2.45, 2.75) is 17.6 Å².